The molecule has 1 aliphatic carbocycles. The average Bonchev–Trinajstić information content (AvgIpc) is 3.75. The summed E-state index contributed by atoms with van der Waals surface area (Å²) in [6.07, 6.45) is 0.890. The number of rotatable bonds is 9. The predicted octanol–water partition coefficient (Wildman–Crippen LogP) is 6.12. The molecule has 1 fully saturated rings. The smallest absolute Gasteiger partial charge is 0.408 e. The Labute approximate surface area is 248 Å². The molecule has 0 saturated heterocycles. The van der Waals surface area contributed by atoms with Gasteiger partial charge < -0.3 is 25.4 Å². The molecule has 8 nitrogen and oxygen atoms in total. The summed E-state index contributed by atoms with van der Waals surface area (Å²) in [7, 11) is 0. The number of anilines is 1. The number of phenols is 1. The standard InChI is InChI=1S/C34H41N3O5/c1-21-12-10-13-22(2)28(21)36-31(39)29(26-17-11-14-23(3)30(26)38)37(25-18-19-25)32(40)27(20-24-15-8-7-9-16-24)35-33(41)42-34(4,5)6/h7-17,25,27,29,38H,18-20H2,1-6H3,(H,35,41)(H,36,39). The van der Waals surface area contributed by atoms with Gasteiger partial charge in [-0.15, -0.1) is 0 Å². The molecule has 2 atom stereocenters. The van der Waals surface area contributed by atoms with Crippen molar-refractivity contribution < 1.29 is 24.2 Å². The van der Waals surface area contributed by atoms with Gasteiger partial charge in [-0.1, -0.05) is 66.7 Å². The van der Waals surface area contributed by atoms with Gasteiger partial charge >= 0.3 is 6.09 Å². The molecule has 4 rings (SSSR count). The fourth-order valence-corrected chi connectivity index (χ4v) is 5.07. The molecule has 1 saturated carbocycles. The predicted molar refractivity (Wildman–Crippen MR) is 163 cm³/mol. The van der Waals surface area contributed by atoms with Crippen LogP contribution in [0.3, 0.4) is 0 Å². The minimum absolute atomic E-state index is 0.0442. The maximum atomic E-state index is 14.5. The Morgan fingerprint density at radius 3 is 2.10 bits per heavy atom. The summed E-state index contributed by atoms with van der Waals surface area (Å²) >= 11 is 0. The minimum Gasteiger partial charge on any atom is -0.507 e. The first-order valence-corrected chi connectivity index (χ1v) is 14.4. The van der Waals surface area contributed by atoms with Crippen molar-refractivity contribution >= 4 is 23.6 Å². The monoisotopic (exact) mass is 571 g/mol. The van der Waals surface area contributed by atoms with Gasteiger partial charge in [0, 0.05) is 23.7 Å². The van der Waals surface area contributed by atoms with E-state index in [1.807, 2.05) is 62.4 Å². The van der Waals surface area contributed by atoms with Gasteiger partial charge in [0.05, 0.1) is 0 Å². The van der Waals surface area contributed by atoms with Gasteiger partial charge in [0.2, 0.25) is 5.91 Å². The number of para-hydroxylation sites is 2. The van der Waals surface area contributed by atoms with Gasteiger partial charge in [0.15, 0.2) is 0 Å². The zero-order valence-corrected chi connectivity index (χ0v) is 25.2. The SMILES string of the molecule is Cc1cccc(C(C(=O)Nc2c(C)cccc2C)N(C(=O)C(Cc2ccccc2)NC(=O)OC(C)(C)C)C2CC2)c1O. The third kappa shape index (κ3) is 7.49. The number of hydrogen-bond acceptors (Lipinski definition) is 5. The highest BCUT2D eigenvalue weighted by Crippen LogP contribution is 2.40. The molecule has 0 aromatic heterocycles. The number of amides is 3. The molecule has 2 unspecified atom stereocenters. The van der Waals surface area contributed by atoms with Gasteiger partial charge in [-0.2, -0.15) is 0 Å². The van der Waals surface area contributed by atoms with Crippen molar-refractivity contribution in [1.82, 2.24) is 10.2 Å². The molecule has 3 N–H and O–H groups in total. The molecule has 3 amide bonds. The van der Waals surface area contributed by atoms with Crippen molar-refractivity contribution in [1.29, 1.82) is 0 Å². The number of nitrogens with one attached hydrogen (secondary N) is 2. The summed E-state index contributed by atoms with van der Waals surface area (Å²) in [4.78, 5) is 43.2. The van der Waals surface area contributed by atoms with E-state index in [1.54, 1.807) is 50.8 Å². The van der Waals surface area contributed by atoms with E-state index < -0.39 is 35.6 Å². The highest BCUT2D eigenvalue weighted by Gasteiger charge is 2.45. The van der Waals surface area contributed by atoms with Crippen LogP contribution in [0.4, 0.5) is 10.5 Å². The number of aryl methyl sites for hydroxylation is 3. The largest absolute Gasteiger partial charge is 0.507 e. The van der Waals surface area contributed by atoms with Crippen LogP contribution >= 0.6 is 0 Å². The van der Waals surface area contributed by atoms with Crippen molar-refractivity contribution in [3.05, 3.63) is 94.5 Å². The number of alkyl carbamates (subject to hydrolysis) is 1. The van der Waals surface area contributed by atoms with Crippen LogP contribution in [0.25, 0.3) is 0 Å². The van der Waals surface area contributed by atoms with Crippen molar-refractivity contribution in [2.75, 3.05) is 5.32 Å². The third-order valence-electron chi connectivity index (χ3n) is 7.29. The molecule has 0 radical (unpaired) electrons. The van der Waals surface area contributed by atoms with Crippen LogP contribution in [-0.2, 0) is 20.7 Å². The first kappa shape index (κ1) is 30.6. The van der Waals surface area contributed by atoms with E-state index in [1.165, 1.54) is 0 Å². The van der Waals surface area contributed by atoms with E-state index in [0.29, 0.717) is 29.7 Å². The molecule has 8 heteroatoms. The first-order valence-electron chi connectivity index (χ1n) is 14.4. The summed E-state index contributed by atoms with van der Waals surface area (Å²) in [5.74, 6) is -0.906. The summed E-state index contributed by atoms with van der Waals surface area (Å²) in [6.45, 7) is 10.8. The van der Waals surface area contributed by atoms with Gasteiger partial charge in [-0.3, -0.25) is 9.59 Å². The van der Waals surface area contributed by atoms with Crippen molar-refractivity contribution in [2.45, 2.75) is 84.5 Å². The highest BCUT2D eigenvalue weighted by molar-refractivity contribution is 6.00. The third-order valence-corrected chi connectivity index (χ3v) is 7.29. The summed E-state index contributed by atoms with van der Waals surface area (Å²) < 4.78 is 5.50. The van der Waals surface area contributed by atoms with Crippen LogP contribution in [-0.4, -0.2) is 45.6 Å². The second-order valence-electron chi connectivity index (χ2n) is 12.0. The zero-order chi connectivity index (χ0) is 30.6. The van der Waals surface area contributed by atoms with Crippen LogP contribution < -0.4 is 10.6 Å². The molecule has 0 bridgehead atoms. The Hall–Kier alpha value is -4.33. The fraction of sp³-hybridized carbons (Fsp3) is 0.382. The maximum Gasteiger partial charge on any atom is 0.408 e. The molecule has 0 spiro atoms. The lowest BCUT2D eigenvalue weighted by Crippen LogP contribution is -2.54. The van der Waals surface area contributed by atoms with Crippen LogP contribution in [0.2, 0.25) is 0 Å². The van der Waals surface area contributed by atoms with E-state index in [2.05, 4.69) is 10.6 Å². The Kier molecular flexibility index (Phi) is 9.24. The number of carbonyl (C=O) groups excluding carboxylic acids is 3. The van der Waals surface area contributed by atoms with Gasteiger partial charge in [-0.25, -0.2) is 4.79 Å². The van der Waals surface area contributed by atoms with E-state index in [4.69, 9.17) is 4.74 Å². The molecule has 3 aromatic carbocycles. The molecular formula is C34H41N3O5. The van der Waals surface area contributed by atoms with Crippen LogP contribution in [0.5, 0.6) is 5.75 Å². The van der Waals surface area contributed by atoms with Crippen molar-refractivity contribution in [3.63, 3.8) is 0 Å². The second kappa shape index (κ2) is 12.7. The number of phenolic OH excluding ortho intramolecular Hbond substituents is 1. The first-order chi connectivity index (χ1) is 19.9. The number of ether oxygens (including phenoxy) is 1. The maximum absolute atomic E-state index is 14.5. The average molecular weight is 572 g/mol. The normalized spacial score (nSPS) is 14.4. The van der Waals surface area contributed by atoms with E-state index in [0.717, 1.165) is 16.7 Å². The molecule has 222 valence electrons. The van der Waals surface area contributed by atoms with E-state index in [9.17, 15) is 19.5 Å². The van der Waals surface area contributed by atoms with Crippen molar-refractivity contribution in [2.24, 2.45) is 0 Å². The van der Waals surface area contributed by atoms with Crippen LogP contribution in [0.15, 0.2) is 66.7 Å². The minimum atomic E-state index is -1.14. The van der Waals surface area contributed by atoms with Gasteiger partial charge in [-0.05, 0) is 76.6 Å². The van der Waals surface area contributed by atoms with Crippen molar-refractivity contribution in [3.8, 4) is 5.75 Å². The Balaban J connectivity index is 1.77. The van der Waals surface area contributed by atoms with Crippen LogP contribution in [0.1, 0.15) is 67.5 Å². The lowest BCUT2D eigenvalue weighted by atomic mass is 9.97. The fourth-order valence-electron chi connectivity index (χ4n) is 5.07. The Morgan fingerprint density at radius 2 is 1.50 bits per heavy atom. The van der Waals surface area contributed by atoms with E-state index in [-0.39, 0.29) is 18.2 Å². The molecule has 0 aliphatic heterocycles. The van der Waals surface area contributed by atoms with Gasteiger partial charge in [0.1, 0.15) is 23.4 Å². The second-order valence-corrected chi connectivity index (χ2v) is 12.0. The Bertz CT molecular complexity index is 1420. The number of carbonyl (C=O) groups is 3. The number of aromatic hydroxyl groups is 1. The van der Waals surface area contributed by atoms with Crippen LogP contribution in [0, 0.1) is 20.8 Å². The van der Waals surface area contributed by atoms with E-state index >= 15 is 0 Å². The summed E-state index contributed by atoms with van der Waals surface area (Å²) in [5.41, 5.74) is 3.43. The molecule has 42 heavy (non-hydrogen) atoms. The Morgan fingerprint density at radius 1 is 0.905 bits per heavy atom. The summed E-state index contributed by atoms with van der Waals surface area (Å²) in [5, 5.41) is 17.0. The molecule has 3 aromatic rings. The highest BCUT2D eigenvalue weighted by atomic mass is 16.6. The molecule has 0 heterocycles. The topological polar surface area (TPSA) is 108 Å². The summed E-state index contributed by atoms with van der Waals surface area (Å²) in [6, 6.07) is 17.9. The number of nitrogens with zero attached hydrogens (tertiary/aromatic N) is 1. The quantitative estimate of drug-likeness (QED) is 0.287. The lowest BCUT2D eigenvalue weighted by Gasteiger charge is -2.35. The molecular weight excluding hydrogens is 530 g/mol. The number of hydrogen-bond donors (Lipinski definition) is 3. The lowest BCUT2D eigenvalue weighted by molar-refractivity contribution is -0.141. The zero-order valence-electron chi connectivity index (χ0n) is 25.2. The van der Waals surface area contributed by atoms with Gasteiger partial charge in [0.25, 0.3) is 5.91 Å². The number of benzene rings is 3. The molecule has 1 aliphatic rings.